The molecule has 2 fully saturated rings. The number of hydrogen-bond donors (Lipinski definition) is 1. The molecule has 7 nitrogen and oxygen atoms in total. The predicted molar refractivity (Wildman–Crippen MR) is 124 cm³/mol. The molecule has 8 heteroatoms. The Morgan fingerprint density at radius 1 is 1.19 bits per heavy atom. The fourth-order valence-electron chi connectivity index (χ4n) is 4.54. The molecule has 168 valence electrons. The number of thioether (sulfide) groups is 1. The number of anilines is 1. The van der Waals surface area contributed by atoms with Gasteiger partial charge < -0.3 is 9.25 Å². The molecule has 0 spiro atoms. The van der Waals surface area contributed by atoms with Gasteiger partial charge in [-0.3, -0.25) is 10.1 Å². The van der Waals surface area contributed by atoms with Gasteiger partial charge in [-0.15, -0.1) is 0 Å². The van der Waals surface area contributed by atoms with Crippen LogP contribution in [0.5, 0.6) is 0 Å². The molecule has 0 aromatic carbocycles. The molecular formula is C23H31N3O4S. The fourth-order valence-corrected chi connectivity index (χ4v) is 5.99. The van der Waals surface area contributed by atoms with Crippen molar-refractivity contribution in [1.29, 1.82) is 0 Å². The van der Waals surface area contributed by atoms with E-state index in [9.17, 15) is 9.59 Å². The van der Waals surface area contributed by atoms with Crippen LogP contribution in [0.4, 0.5) is 5.88 Å². The molecular weight excluding hydrogens is 414 g/mol. The van der Waals surface area contributed by atoms with Crippen LogP contribution in [0.3, 0.4) is 0 Å². The molecule has 0 bridgehead atoms. The van der Waals surface area contributed by atoms with Gasteiger partial charge in [-0.1, -0.05) is 31.3 Å². The van der Waals surface area contributed by atoms with Crippen LogP contribution < -0.4 is 10.9 Å². The summed E-state index contributed by atoms with van der Waals surface area (Å²) in [6.07, 6.45) is 11.7. The summed E-state index contributed by atoms with van der Waals surface area (Å²) in [5, 5.41) is 7.83. The van der Waals surface area contributed by atoms with Gasteiger partial charge in [0.2, 0.25) is 5.88 Å². The van der Waals surface area contributed by atoms with Crippen LogP contribution in [0.1, 0.15) is 80.6 Å². The van der Waals surface area contributed by atoms with Crippen LogP contribution in [0, 0.1) is 5.92 Å². The summed E-state index contributed by atoms with van der Waals surface area (Å²) >= 11 is 2.14. The van der Waals surface area contributed by atoms with E-state index in [0.717, 1.165) is 37.3 Å². The van der Waals surface area contributed by atoms with E-state index in [1.54, 1.807) is 0 Å². The summed E-state index contributed by atoms with van der Waals surface area (Å²) in [4.78, 5) is 33.9. The molecule has 2 aliphatic carbocycles. The van der Waals surface area contributed by atoms with Gasteiger partial charge in [-0.25, -0.2) is 9.79 Å². The molecule has 2 saturated carbocycles. The van der Waals surface area contributed by atoms with Crippen molar-refractivity contribution in [2.75, 3.05) is 17.6 Å². The normalized spacial score (nSPS) is 22.2. The maximum absolute atomic E-state index is 12.5. The molecule has 0 unspecified atom stereocenters. The maximum atomic E-state index is 12.5. The van der Waals surface area contributed by atoms with E-state index in [-0.39, 0.29) is 24.2 Å². The number of rotatable bonds is 5. The standard InChI is InChI=1S/C23H31N3O4S/c1-2-16-12-20(28)29-22-21(16)19(27)13-24-23(25-22)30-26-17-8-10-18(11-9-17)31-14-15-6-4-3-5-7-15/h12,15,18H,2-11,13-14H2,1H3,(H,24,25). The highest BCUT2D eigenvalue weighted by molar-refractivity contribution is 7.99. The Kier molecular flexibility index (Phi) is 7.48. The van der Waals surface area contributed by atoms with Gasteiger partial charge in [0.1, 0.15) is 6.54 Å². The third-order valence-electron chi connectivity index (χ3n) is 6.35. The summed E-state index contributed by atoms with van der Waals surface area (Å²) in [6.45, 7) is 1.82. The van der Waals surface area contributed by atoms with Crippen LogP contribution in [0.2, 0.25) is 0 Å². The number of carbonyl (C=O) groups is 1. The Morgan fingerprint density at radius 3 is 2.71 bits per heavy atom. The Hall–Kier alpha value is -2.09. The van der Waals surface area contributed by atoms with Gasteiger partial charge in [0.25, 0.3) is 0 Å². The van der Waals surface area contributed by atoms with Gasteiger partial charge in [0.05, 0.1) is 11.3 Å². The van der Waals surface area contributed by atoms with Crippen molar-refractivity contribution in [3.63, 3.8) is 0 Å². The first-order chi connectivity index (χ1) is 15.1. The van der Waals surface area contributed by atoms with E-state index in [1.807, 2.05) is 6.92 Å². The van der Waals surface area contributed by atoms with E-state index >= 15 is 0 Å². The summed E-state index contributed by atoms with van der Waals surface area (Å²) in [7, 11) is 0. The SMILES string of the molecule is CCc1cc(=O)oc2c1C(=O)CN=C(ON=C1CCC(SCC3CCCCC3)CC1)N2. The lowest BCUT2D eigenvalue weighted by molar-refractivity contribution is 0.100. The average Bonchev–Trinajstić information content (AvgIpc) is 2.95. The average molecular weight is 446 g/mol. The summed E-state index contributed by atoms with van der Waals surface area (Å²) < 4.78 is 5.21. The van der Waals surface area contributed by atoms with Crippen molar-refractivity contribution in [2.24, 2.45) is 16.1 Å². The summed E-state index contributed by atoms with van der Waals surface area (Å²) in [5.41, 5.74) is 1.52. The van der Waals surface area contributed by atoms with Crippen molar-refractivity contribution in [1.82, 2.24) is 0 Å². The van der Waals surface area contributed by atoms with Crippen LogP contribution in [0.25, 0.3) is 0 Å². The Morgan fingerprint density at radius 2 is 1.97 bits per heavy atom. The molecule has 1 aromatic rings. The topological polar surface area (TPSA) is 93.3 Å². The molecule has 3 aliphatic rings. The highest BCUT2D eigenvalue weighted by Crippen LogP contribution is 2.33. The molecule has 1 aromatic heterocycles. The lowest BCUT2D eigenvalue weighted by Crippen LogP contribution is -2.20. The van der Waals surface area contributed by atoms with Crippen molar-refractivity contribution < 1.29 is 14.0 Å². The number of nitrogens with zero attached hydrogens (tertiary/aromatic N) is 2. The Bertz CT molecular complexity index is 908. The van der Waals surface area contributed by atoms with Crippen LogP contribution >= 0.6 is 11.8 Å². The van der Waals surface area contributed by atoms with Crippen molar-refractivity contribution >= 4 is 35.2 Å². The zero-order valence-electron chi connectivity index (χ0n) is 18.2. The first-order valence-corrected chi connectivity index (χ1v) is 12.5. The first-order valence-electron chi connectivity index (χ1n) is 11.5. The number of carbonyl (C=O) groups excluding carboxylic acids is 1. The van der Waals surface area contributed by atoms with Crippen LogP contribution in [0.15, 0.2) is 25.4 Å². The second kappa shape index (κ2) is 10.5. The smallest absolute Gasteiger partial charge is 0.337 e. The molecule has 31 heavy (non-hydrogen) atoms. The van der Waals surface area contributed by atoms with Gasteiger partial charge >= 0.3 is 11.6 Å². The highest BCUT2D eigenvalue weighted by atomic mass is 32.2. The highest BCUT2D eigenvalue weighted by Gasteiger charge is 2.25. The largest absolute Gasteiger partial charge is 0.405 e. The van der Waals surface area contributed by atoms with Gasteiger partial charge in [0.15, 0.2) is 5.78 Å². The number of amidine groups is 1. The van der Waals surface area contributed by atoms with Crippen LogP contribution in [-0.4, -0.2) is 35.1 Å². The van der Waals surface area contributed by atoms with E-state index in [1.165, 1.54) is 43.9 Å². The van der Waals surface area contributed by atoms with Gasteiger partial charge in [-0.2, -0.15) is 11.8 Å². The number of hydrogen-bond acceptors (Lipinski definition) is 8. The van der Waals surface area contributed by atoms with E-state index in [4.69, 9.17) is 9.25 Å². The molecule has 1 aliphatic heterocycles. The molecule has 0 radical (unpaired) electrons. The number of Topliss-reactive ketones (excluding diaryl/α,β-unsaturated/α-hetero) is 1. The van der Waals surface area contributed by atoms with E-state index in [2.05, 4.69) is 27.2 Å². The maximum Gasteiger partial charge on any atom is 0.337 e. The minimum atomic E-state index is -0.507. The molecule has 2 heterocycles. The lowest BCUT2D eigenvalue weighted by atomic mass is 9.91. The molecule has 1 N–H and O–H groups in total. The van der Waals surface area contributed by atoms with E-state index in [0.29, 0.717) is 22.8 Å². The number of oxime groups is 1. The number of fused-ring (bicyclic) bond motifs is 1. The second-order valence-electron chi connectivity index (χ2n) is 8.60. The summed E-state index contributed by atoms with van der Waals surface area (Å²) in [6, 6.07) is 1.44. The van der Waals surface area contributed by atoms with Crippen LogP contribution in [-0.2, 0) is 11.3 Å². The first kappa shape index (κ1) is 22.1. The van der Waals surface area contributed by atoms with Crippen molar-refractivity contribution in [3.8, 4) is 0 Å². The van der Waals surface area contributed by atoms with Crippen molar-refractivity contribution in [3.05, 3.63) is 27.6 Å². The van der Waals surface area contributed by atoms with Crippen molar-refractivity contribution in [2.45, 2.75) is 76.4 Å². The Balaban J connectivity index is 1.30. The minimum Gasteiger partial charge on any atom is -0.405 e. The van der Waals surface area contributed by atoms with Gasteiger partial charge in [-0.05, 0) is 62.2 Å². The fraction of sp³-hybridized carbons (Fsp3) is 0.652. The molecule has 0 amide bonds. The summed E-state index contributed by atoms with van der Waals surface area (Å²) in [5.74, 6) is 2.10. The number of ketones is 1. The quantitative estimate of drug-likeness (QED) is 0.655. The molecule has 0 saturated heterocycles. The second-order valence-corrected chi connectivity index (χ2v) is 9.94. The predicted octanol–water partition coefficient (Wildman–Crippen LogP) is 4.80. The minimum absolute atomic E-state index is 0.0687. The number of nitrogens with one attached hydrogen (secondary N) is 1. The number of aliphatic imine (C=N–C) groups is 1. The van der Waals surface area contributed by atoms with E-state index < -0.39 is 5.63 Å². The number of aryl methyl sites for hydroxylation is 1. The third kappa shape index (κ3) is 5.79. The molecule has 4 rings (SSSR count). The third-order valence-corrected chi connectivity index (χ3v) is 7.96. The zero-order chi connectivity index (χ0) is 21.6. The molecule has 0 atom stereocenters. The lowest BCUT2D eigenvalue weighted by Gasteiger charge is -2.26. The van der Waals surface area contributed by atoms with Gasteiger partial charge in [0, 0.05) is 11.3 Å². The zero-order valence-corrected chi connectivity index (χ0v) is 19.0. The monoisotopic (exact) mass is 445 g/mol. The Labute approximate surface area is 187 Å².